The summed E-state index contributed by atoms with van der Waals surface area (Å²) in [5.74, 6) is 0.199. The summed E-state index contributed by atoms with van der Waals surface area (Å²) >= 11 is 0. The molecule has 0 aliphatic heterocycles. The summed E-state index contributed by atoms with van der Waals surface area (Å²) in [6.45, 7) is -0.197. The van der Waals surface area contributed by atoms with E-state index in [4.69, 9.17) is 0 Å². The van der Waals surface area contributed by atoms with Gasteiger partial charge in [-0.15, -0.1) is 0 Å². The molecule has 2 heterocycles. The number of hydrogen-bond acceptors (Lipinski definition) is 3. The summed E-state index contributed by atoms with van der Waals surface area (Å²) in [6, 6.07) is 10.6. The molecule has 3 aromatic rings. The van der Waals surface area contributed by atoms with E-state index in [0.29, 0.717) is 22.7 Å². The second-order valence-electron chi connectivity index (χ2n) is 6.84. The molecule has 0 spiro atoms. The standard InChI is InChI=1S/C21H22FN3O/c22-19-9-5-4-8-18(19)21-16(14-26)12-24-25(21)17-10-11-20(23-13-17)15-6-2-1-3-7-15/h4-5,8-13,15,26H,1-3,6-7,14H2. The smallest absolute Gasteiger partial charge is 0.132 e. The van der Waals surface area contributed by atoms with E-state index in [0.717, 1.165) is 11.4 Å². The third-order valence-electron chi connectivity index (χ3n) is 5.18. The summed E-state index contributed by atoms with van der Waals surface area (Å²) in [6.07, 6.45) is 9.62. The van der Waals surface area contributed by atoms with Gasteiger partial charge in [-0.2, -0.15) is 5.10 Å². The van der Waals surface area contributed by atoms with Crippen LogP contribution in [0.1, 0.15) is 49.3 Å². The van der Waals surface area contributed by atoms with Gasteiger partial charge >= 0.3 is 0 Å². The third kappa shape index (κ3) is 3.15. The molecule has 1 fully saturated rings. The second-order valence-corrected chi connectivity index (χ2v) is 6.84. The van der Waals surface area contributed by atoms with E-state index in [1.165, 1.54) is 38.2 Å². The van der Waals surface area contributed by atoms with Crippen LogP contribution in [0.15, 0.2) is 48.8 Å². The van der Waals surface area contributed by atoms with Crippen molar-refractivity contribution in [1.29, 1.82) is 0 Å². The van der Waals surface area contributed by atoms with Gasteiger partial charge in [0.15, 0.2) is 0 Å². The normalized spacial score (nSPS) is 15.3. The van der Waals surface area contributed by atoms with Gasteiger partial charge in [0.25, 0.3) is 0 Å². The first-order valence-corrected chi connectivity index (χ1v) is 9.17. The van der Waals surface area contributed by atoms with E-state index in [1.54, 1.807) is 35.3 Å². The average Bonchev–Trinajstić information content (AvgIpc) is 3.13. The van der Waals surface area contributed by atoms with Crippen molar-refractivity contribution in [3.8, 4) is 16.9 Å². The molecule has 1 saturated carbocycles. The lowest BCUT2D eigenvalue weighted by molar-refractivity contribution is 0.282. The Morgan fingerprint density at radius 3 is 2.54 bits per heavy atom. The maximum Gasteiger partial charge on any atom is 0.132 e. The van der Waals surface area contributed by atoms with Gasteiger partial charge in [-0.05, 0) is 37.1 Å². The summed E-state index contributed by atoms with van der Waals surface area (Å²) in [7, 11) is 0. The van der Waals surface area contributed by atoms with E-state index in [-0.39, 0.29) is 12.4 Å². The minimum Gasteiger partial charge on any atom is -0.392 e. The Morgan fingerprint density at radius 2 is 1.85 bits per heavy atom. The van der Waals surface area contributed by atoms with Crippen molar-refractivity contribution in [2.75, 3.05) is 0 Å². The third-order valence-corrected chi connectivity index (χ3v) is 5.18. The lowest BCUT2D eigenvalue weighted by Gasteiger charge is -2.21. The van der Waals surface area contributed by atoms with Gasteiger partial charge in [-0.25, -0.2) is 9.07 Å². The first kappa shape index (κ1) is 16.9. The van der Waals surface area contributed by atoms with Crippen molar-refractivity contribution in [2.24, 2.45) is 0 Å². The lowest BCUT2D eigenvalue weighted by Crippen LogP contribution is -2.07. The molecular formula is C21H22FN3O. The van der Waals surface area contributed by atoms with Crippen LogP contribution in [0.5, 0.6) is 0 Å². The largest absolute Gasteiger partial charge is 0.392 e. The highest BCUT2D eigenvalue weighted by atomic mass is 19.1. The molecule has 4 rings (SSSR count). The zero-order chi connectivity index (χ0) is 17.9. The molecule has 1 aromatic carbocycles. The summed E-state index contributed by atoms with van der Waals surface area (Å²) < 4.78 is 16.0. The Morgan fingerprint density at radius 1 is 1.04 bits per heavy atom. The van der Waals surface area contributed by atoms with Gasteiger partial charge in [-0.1, -0.05) is 31.4 Å². The molecule has 5 heteroatoms. The Hall–Kier alpha value is -2.53. The van der Waals surface area contributed by atoms with E-state index >= 15 is 0 Å². The maximum absolute atomic E-state index is 14.3. The van der Waals surface area contributed by atoms with E-state index in [1.807, 2.05) is 6.07 Å². The molecule has 0 radical (unpaired) electrons. The summed E-state index contributed by atoms with van der Waals surface area (Å²) in [4.78, 5) is 4.65. The van der Waals surface area contributed by atoms with Crippen LogP contribution in [0.3, 0.4) is 0 Å². The number of hydrogen-bond donors (Lipinski definition) is 1. The predicted octanol–water partition coefficient (Wildman–Crippen LogP) is 4.61. The number of nitrogens with zero attached hydrogens (tertiary/aromatic N) is 3. The number of benzene rings is 1. The highest BCUT2D eigenvalue weighted by Gasteiger charge is 2.19. The fraction of sp³-hybridized carbons (Fsp3) is 0.333. The Labute approximate surface area is 152 Å². The zero-order valence-electron chi connectivity index (χ0n) is 14.6. The van der Waals surface area contributed by atoms with Gasteiger partial charge in [0.05, 0.1) is 30.4 Å². The molecule has 134 valence electrons. The van der Waals surface area contributed by atoms with Crippen LogP contribution in [0.25, 0.3) is 16.9 Å². The lowest BCUT2D eigenvalue weighted by atomic mass is 9.87. The predicted molar refractivity (Wildman–Crippen MR) is 98.5 cm³/mol. The Balaban J connectivity index is 1.72. The van der Waals surface area contributed by atoms with Crippen LogP contribution in [0.2, 0.25) is 0 Å². The number of pyridine rings is 1. The van der Waals surface area contributed by atoms with E-state index in [2.05, 4.69) is 16.1 Å². The molecule has 26 heavy (non-hydrogen) atoms. The molecule has 4 nitrogen and oxygen atoms in total. The Kier molecular flexibility index (Phi) is 4.80. The van der Waals surface area contributed by atoms with Gasteiger partial charge in [-0.3, -0.25) is 4.98 Å². The van der Waals surface area contributed by atoms with Crippen molar-refractivity contribution in [1.82, 2.24) is 14.8 Å². The maximum atomic E-state index is 14.3. The van der Waals surface area contributed by atoms with Crippen molar-refractivity contribution in [3.05, 3.63) is 65.9 Å². The van der Waals surface area contributed by atoms with Crippen LogP contribution in [-0.2, 0) is 6.61 Å². The number of aliphatic hydroxyl groups is 1. The highest BCUT2D eigenvalue weighted by Crippen LogP contribution is 2.32. The van der Waals surface area contributed by atoms with E-state index < -0.39 is 0 Å². The molecule has 0 bridgehead atoms. The Bertz CT molecular complexity index is 883. The molecule has 0 unspecified atom stereocenters. The SMILES string of the molecule is OCc1cnn(-c2ccc(C3CCCCC3)nc2)c1-c1ccccc1F. The van der Waals surface area contributed by atoms with Crippen LogP contribution >= 0.6 is 0 Å². The van der Waals surface area contributed by atoms with E-state index in [9.17, 15) is 9.50 Å². The minimum atomic E-state index is -0.337. The number of aromatic nitrogens is 3. The average molecular weight is 351 g/mol. The van der Waals surface area contributed by atoms with Crippen LogP contribution in [0.4, 0.5) is 4.39 Å². The minimum absolute atomic E-state index is 0.197. The fourth-order valence-electron chi connectivity index (χ4n) is 3.80. The molecule has 0 atom stereocenters. The molecule has 0 saturated heterocycles. The number of rotatable bonds is 4. The second kappa shape index (κ2) is 7.38. The first-order valence-electron chi connectivity index (χ1n) is 9.17. The van der Waals surface area contributed by atoms with Gasteiger partial charge in [0, 0.05) is 22.7 Å². The number of aliphatic hydroxyl groups excluding tert-OH is 1. The molecule has 2 aromatic heterocycles. The summed E-state index contributed by atoms with van der Waals surface area (Å²) in [5.41, 5.74) is 3.47. The van der Waals surface area contributed by atoms with Crippen LogP contribution < -0.4 is 0 Å². The van der Waals surface area contributed by atoms with Gasteiger partial charge in [0.1, 0.15) is 5.82 Å². The quantitative estimate of drug-likeness (QED) is 0.746. The van der Waals surface area contributed by atoms with Crippen molar-refractivity contribution in [2.45, 2.75) is 44.6 Å². The molecular weight excluding hydrogens is 329 g/mol. The molecule has 0 amide bonds. The topological polar surface area (TPSA) is 50.9 Å². The van der Waals surface area contributed by atoms with Crippen LogP contribution in [0, 0.1) is 5.82 Å². The zero-order valence-corrected chi connectivity index (χ0v) is 14.6. The van der Waals surface area contributed by atoms with Crippen molar-refractivity contribution in [3.63, 3.8) is 0 Å². The molecule has 1 aliphatic rings. The summed E-state index contributed by atoms with van der Waals surface area (Å²) in [5, 5.41) is 14.0. The van der Waals surface area contributed by atoms with Gasteiger partial charge in [0.2, 0.25) is 0 Å². The first-order chi connectivity index (χ1) is 12.8. The van der Waals surface area contributed by atoms with Crippen LogP contribution in [-0.4, -0.2) is 19.9 Å². The number of halogens is 1. The van der Waals surface area contributed by atoms with Crippen molar-refractivity contribution < 1.29 is 9.50 Å². The highest BCUT2D eigenvalue weighted by molar-refractivity contribution is 5.66. The van der Waals surface area contributed by atoms with Gasteiger partial charge < -0.3 is 5.11 Å². The van der Waals surface area contributed by atoms with Crippen molar-refractivity contribution >= 4 is 0 Å². The molecule has 1 N–H and O–H groups in total. The molecule has 1 aliphatic carbocycles. The monoisotopic (exact) mass is 351 g/mol. The fourth-order valence-corrected chi connectivity index (χ4v) is 3.80.